The summed E-state index contributed by atoms with van der Waals surface area (Å²) in [7, 11) is 1.68. The van der Waals surface area contributed by atoms with E-state index in [4.69, 9.17) is 4.74 Å². The number of rotatable bonds is 3. The molecule has 0 N–H and O–H groups in total. The van der Waals surface area contributed by atoms with Gasteiger partial charge in [0.25, 0.3) is 0 Å². The van der Waals surface area contributed by atoms with Crippen LogP contribution in [0.5, 0.6) is 5.75 Å². The Morgan fingerprint density at radius 1 is 1.05 bits per heavy atom. The second-order valence-electron chi connectivity index (χ2n) is 4.26. The third kappa shape index (κ3) is 3.41. The number of hydrogen-bond donors (Lipinski definition) is 0. The SMILES string of the molecule is COc1cccc(C(Br)c2cc(Br)c(C)cc2Br)c1. The first-order valence-electron chi connectivity index (χ1n) is 5.76. The molecule has 0 aliphatic heterocycles. The maximum absolute atomic E-state index is 5.27. The third-order valence-electron chi connectivity index (χ3n) is 2.94. The Hall–Kier alpha value is -0.320. The Kier molecular flexibility index (Phi) is 5.09. The molecule has 0 spiro atoms. The lowest BCUT2D eigenvalue weighted by molar-refractivity contribution is 0.414. The van der Waals surface area contributed by atoms with Gasteiger partial charge in [0, 0.05) is 8.95 Å². The number of hydrogen-bond acceptors (Lipinski definition) is 1. The van der Waals surface area contributed by atoms with E-state index in [9.17, 15) is 0 Å². The van der Waals surface area contributed by atoms with E-state index < -0.39 is 0 Å². The first-order valence-corrected chi connectivity index (χ1v) is 8.26. The molecule has 0 fully saturated rings. The van der Waals surface area contributed by atoms with Gasteiger partial charge in [0.1, 0.15) is 5.75 Å². The summed E-state index contributed by atoms with van der Waals surface area (Å²) in [5, 5.41) is 0. The van der Waals surface area contributed by atoms with Crippen molar-refractivity contribution < 1.29 is 4.74 Å². The predicted molar refractivity (Wildman–Crippen MR) is 90.3 cm³/mol. The van der Waals surface area contributed by atoms with Gasteiger partial charge in [-0.1, -0.05) is 59.9 Å². The minimum Gasteiger partial charge on any atom is -0.497 e. The van der Waals surface area contributed by atoms with Crippen molar-refractivity contribution in [2.75, 3.05) is 7.11 Å². The number of ether oxygens (including phenoxy) is 1. The van der Waals surface area contributed by atoms with Crippen LogP contribution in [-0.4, -0.2) is 7.11 Å². The van der Waals surface area contributed by atoms with Crippen molar-refractivity contribution in [3.05, 3.63) is 62.0 Å². The highest BCUT2D eigenvalue weighted by Crippen LogP contribution is 2.38. The van der Waals surface area contributed by atoms with Crippen molar-refractivity contribution in [2.24, 2.45) is 0 Å². The fraction of sp³-hybridized carbons (Fsp3) is 0.200. The van der Waals surface area contributed by atoms with Gasteiger partial charge in [0.05, 0.1) is 11.9 Å². The Balaban J connectivity index is 2.43. The molecule has 2 aromatic carbocycles. The number of alkyl halides is 1. The van der Waals surface area contributed by atoms with Crippen LogP contribution in [0, 0.1) is 6.92 Å². The summed E-state index contributed by atoms with van der Waals surface area (Å²) in [6, 6.07) is 12.3. The summed E-state index contributed by atoms with van der Waals surface area (Å²) in [5.41, 5.74) is 3.56. The van der Waals surface area contributed by atoms with E-state index in [0.29, 0.717) is 0 Å². The Morgan fingerprint density at radius 2 is 1.79 bits per heavy atom. The minimum absolute atomic E-state index is 0.119. The zero-order valence-electron chi connectivity index (χ0n) is 10.6. The molecule has 0 aliphatic carbocycles. The number of benzene rings is 2. The standard InChI is InChI=1S/C15H13Br3O/c1-9-6-14(17)12(8-13(9)16)15(18)10-4-3-5-11(7-10)19-2/h3-8,15H,1-2H3. The van der Waals surface area contributed by atoms with Gasteiger partial charge >= 0.3 is 0 Å². The second kappa shape index (κ2) is 6.42. The highest BCUT2D eigenvalue weighted by atomic mass is 79.9. The van der Waals surface area contributed by atoms with E-state index in [1.54, 1.807) is 7.11 Å². The average Bonchev–Trinajstić information content (AvgIpc) is 2.42. The van der Waals surface area contributed by atoms with E-state index >= 15 is 0 Å². The molecule has 0 heterocycles. The largest absolute Gasteiger partial charge is 0.497 e. The summed E-state index contributed by atoms with van der Waals surface area (Å²) in [4.78, 5) is 0.119. The van der Waals surface area contributed by atoms with Crippen molar-refractivity contribution in [3.8, 4) is 5.75 Å². The quantitative estimate of drug-likeness (QED) is 0.522. The molecular formula is C15H13Br3O. The summed E-state index contributed by atoms with van der Waals surface area (Å²) in [5.74, 6) is 0.865. The molecule has 0 saturated carbocycles. The van der Waals surface area contributed by atoms with Crippen LogP contribution in [0.25, 0.3) is 0 Å². The molecule has 2 rings (SSSR count). The van der Waals surface area contributed by atoms with Crippen molar-refractivity contribution >= 4 is 47.8 Å². The monoisotopic (exact) mass is 446 g/mol. The van der Waals surface area contributed by atoms with Crippen LogP contribution in [0.3, 0.4) is 0 Å². The summed E-state index contributed by atoms with van der Waals surface area (Å²) in [6.07, 6.45) is 0. The van der Waals surface area contributed by atoms with Crippen molar-refractivity contribution in [2.45, 2.75) is 11.8 Å². The van der Waals surface area contributed by atoms with Crippen LogP contribution in [-0.2, 0) is 0 Å². The van der Waals surface area contributed by atoms with Gasteiger partial charge in [-0.25, -0.2) is 0 Å². The number of methoxy groups -OCH3 is 1. The van der Waals surface area contributed by atoms with E-state index in [1.165, 1.54) is 11.1 Å². The van der Waals surface area contributed by atoms with E-state index in [1.807, 2.05) is 18.2 Å². The van der Waals surface area contributed by atoms with Crippen molar-refractivity contribution in [1.82, 2.24) is 0 Å². The van der Waals surface area contributed by atoms with Gasteiger partial charge in [0.2, 0.25) is 0 Å². The molecule has 2 aromatic rings. The molecule has 0 bridgehead atoms. The lowest BCUT2D eigenvalue weighted by Crippen LogP contribution is -1.96. The molecule has 0 aromatic heterocycles. The first kappa shape index (κ1) is 15.1. The van der Waals surface area contributed by atoms with Crippen molar-refractivity contribution in [1.29, 1.82) is 0 Å². The molecule has 1 atom stereocenters. The molecule has 0 amide bonds. The zero-order chi connectivity index (χ0) is 14.0. The van der Waals surface area contributed by atoms with Crippen LogP contribution in [0.2, 0.25) is 0 Å². The first-order chi connectivity index (χ1) is 9.02. The molecule has 1 nitrogen and oxygen atoms in total. The summed E-state index contributed by atoms with van der Waals surface area (Å²) >= 11 is 11.0. The van der Waals surface area contributed by atoms with E-state index in [0.717, 1.165) is 20.3 Å². The van der Waals surface area contributed by atoms with Crippen molar-refractivity contribution in [3.63, 3.8) is 0 Å². The normalized spacial score (nSPS) is 12.3. The average molecular weight is 449 g/mol. The summed E-state index contributed by atoms with van der Waals surface area (Å²) in [6.45, 7) is 2.08. The lowest BCUT2D eigenvalue weighted by atomic mass is 10.0. The van der Waals surface area contributed by atoms with Crippen LogP contribution >= 0.6 is 47.8 Å². The smallest absolute Gasteiger partial charge is 0.119 e. The number of halogens is 3. The van der Waals surface area contributed by atoms with Gasteiger partial charge in [-0.05, 0) is 47.9 Å². The van der Waals surface area contributed by atoms with Crippen LogP contribution < -0.4 is 4.74 Å². The number of aryl methyl sites for hydroxylation is 1. The Labute approximate surface area is 138 Å². The molecular weight excluding hydrogens is 436 g/mol. The molecule has 100 valence electrons. The second-order valence-corrected chi connectivity index (χ2v) is 6.89. The maximum Gasteiger partial charge on any atom is 0.119 e. The fourth-order valence-electron chi connectivity index (χ4n) is 1.83. The highest BCUT2D eigenvalue weighted by molar-refractivity contribution is 9.11. The summed E-state index contributed by atoms with van der Waals surface area (Å²) < 4.78 is 7.48. The lowest BCUT2D eigenvalue weighted by Gasteiger charge is -2.15. The topological polar surface area (TPSA) is 9.23 Å². The van der Waals surface area contributed by atoms with E-state index in [-0.39, 0.29) is 4.83 Å². The van der Waals surface area contributed by atoms with Gasteiger partial charge in [-0.15, -0.1) is 0 Å². The molecule has 19 heavy (non-hydrogen) atoms. The molecule has 4 heteroatoms. The molecule has 1 unspecified atom stereocenters. The predicted octanol–water partition coefficient (Wildman–Crippen LogP) is 6.01. The third-order valence-corrected chi connectivity index (χ3v) is 5.50. The maximum atomic E-state index is 5.27. The van der Waals surface area contributed by atoms with Crippen LogP contribution in [0.1, 0.15) is 21.5 Å². The Morgan fingerprint density at radius 3 is 2.47 bits per heavy atom. The zero-order valence-corrected chi connectivity index (χ0v) is 15.3. The van der Waals surface area contributed by atoms with E-state index in [2.05, 4.69) is 72.9 Å². The minimum atomic E-state index is 0.119. The molecule has 0 radical (unpaired) electrons. The molecule has 0 aliphatic rings. The van der Waals surface area contributed by atoms with Gasteiger partial charge in [0.15, 0.2) is 0 Å². The van der Waals surface area contributed by atoms with Gasteiger partial charge in [-0.2, -0.15) is 0 Å². The highest BCUT2D eigenvalue weighted by Gasteiger charge is 2.15. The van der Waals surface area contributed by atoms with Gasteiger partial charge < -0.3 is 4.74 Å². The molecule has 0 saturated heterocycles. The van der Waals surface area contributed by atoms with Crippen LogP contribution in [0.4, 0.5) is 0 Å². The fourth-order valence-corrected chi connectivity index (χ4v) is 3.85. The van der Waals surface area contributed by atoms with Gasteiger partial charge in [-0.3, -0.25) is 0 Å². The van der Waals surface area contributed by atoms with Crippen LogP contribution in [0.15, 0.2) is 45.3 Å². The Bertz CT molecular complexity index is 596.